The maximum Gasteiger partial charge on any atom is 0.237 e. The van der Waals surface area contributed by atoms with Crippen LogP contribution in [0.3, 0.4) is 0 Å². The normalized spacial score (nSPS) is 33.3. The fourth-order valence-electron chi connectivity index (χ4n) is 8.05. The van der Waals surface area contributed by atoms with Crippen molar-refractivity contribution in [1.29, 1.82) is 0 Å². The molecule has 1 aromatic heterocycles. The van der Waals surface area contributed by atoms with Crippen LogP contribution in [0, 0.1) is 29.1 Å². The number of nitrogens with zero attached hydrogens (tertiary/aromatic N) is 1. The van der Waals surface area contributed by atoms with E-state index >= 15 is 0 Å². The monoisotopic (exact) mass is 492 g/mol. The number of amides is 2. The highest BCUT2D eigenvalue weighted by atomic mass is 35.5. The summed E-state index contributed by atoms with van der Waals surface area (Å²) in [5.74, 6) is 1.73. The minimum atomic E-state index is -0.523. The summed E-state index contributed by atoms with van der Waals surface area (Å²) in [6, 6.07) is 9.19. The second-order valence-corrected chi connectivity index (χ2v) is 11.7. The third kappa shape index (κ3) is 4.05. The molecule has 4 bridgehead atoms. The van der Waals surface area contributed by atoms with E-state index in [0.717, 1.165) is 55.7 Å². The number of rotatable bonds is 6. The molecule has 1 aromatic carbocycles. The number of fused-ring (bicyclic) bond motifs is 1. The molecule has 7 rings (SSSR count). The Kier molecular flexibility index (Phi) is 5.84. The van der Waals surface area contributed by atoms with Gasteiger partial charge >= 0.3 is 0 Å². The van der Waals surface area contributed by atoms with Gasteiger partial charge in [-0.2, -0.15) is 0 Å². The summed E-state index contributed by atoms with van der Waals surface area (Å²) in [6.45, 7) is 0.600. The lowest BCUT2D eigenvalue weighted by Crippen LogP contribution is -2.61. The fourth-order valence-corrected chi connectivity index (χ4v) is 8.33. The summed E-state index contributed by atoms with van der Waals surface area (Å²) >= 11 is 6.36. The molecule has 4 atom stereocenters. The van der Waals surface area contributed by atoms with Gasteiger partial charge in [-0.05, 0) is 97.9 Å². The van der Waals surface area contributed by atoms with Gasteiger partial charge in [-0.3, -0.25) is 14.6 Å². The highest BCUT2D eigenvalue weighted by molar-refractivity contribution is 6.31. The molecular formula is C28H33ClN4O2. The van der Waals surface area contributed by atoms with Crippen LogP contribution in [0.25, 0.3) is 0 Å². The zero-order valence-electron chi connectivity index (χ0n) is 19.9. The van der Waals surface area contributed by atoms with Gasteiger partial charge in [0.15, 0.2) is 0 Å². The Morgan fingerprint density at radius 2 is 1.86 bits per heavy atom. The lowest BCUT2D eigenvalue weighted by atomic mass is 9.45. The Morgan fingerprint density at radius 3 is 2.60 bits per heavy atom. The van der Waals surface area contributed by atoms with E-state index in [1.54, 1.807) is 12.4 Å². The van der Waals surface area contributed by atoms with Crippen molar-refractivity contribution in [2.45, 2.75) is 56.9 Å². The van der Waals surface area contributed by atoms with Crippen LogP contribution in [0.2, 0.25) is 5.02 Å². The highest BCUT2D eigenvalue weighted by Gasteiger charge is 2.60. The fraction of sp³-hybridized carbons (Fsp3) is 0.536. The molecule has 4 unspecified atom stereocenters. The number of nitrogens with two attached hydrogens (primary N) is 1. The smallest absolute Gasteiger partial charge is 0.237 e. The van der Waals surface area contributed by atoms with Gasteiger partial charge in [-0.15, -0.1) is 0 Å². The molecule has 35 heavy (non-hydrogen) atoms. The van der Waals surface area contributed by atoms with Gasteiger partial charge in [0.2, 0.25) is 11.8 Å². The third-order valence-electron chi connectivity index (χ3n) is 9.34. The lowest BCUT2D eigenvalue weighted by Gasteiger charge is -2.60. The number of hydrogen-bond donors (Lipinski definition) is 3. The summed E-state index contributed by atoms with van der Waals surface area (Å²) in [5, 5.41) is 7.12. The Balaban J connectivity index is 1.11. The molecule has 4 fully saturated rings. The van der Waals surface area contributed by atoms with Gasteiger partial charge in [0.1, 0.15) is 0 Å². The van der Waals surface area contributed by atoms with Crippen LogP contribution in [0.1, 0.15) is 55.6 Å². The Labute approximate surface area is 211 Å². The molecule has 4 N–H and O–H groups in total. The SMILES string of the molecule is NC(C(=O)NCC1CCc2c(Cl)cccc21)C1C2CC3CC1CC(C(=O)Nc1ccncc1)(C3)C2. The largest absolute Gasteiger partial charge is 0.354 e. The van der Waals surface area contributed by atoms with Gasteiger partial charge in [-0.1, -0.05) is 23.7 Å². The van der Waals surface area contributed by atoms with E-state index in [9.17, 15) is 9.59 Å². The minimum absolute atomic E-state index is 0.0479. The number of aromatic nitrogens is 1. The lowest BCUT2D eigenvalue weighted by molar-refractivity contribution is -0.151. The van der Waals surface area contributed by atoms with Crippen LogP contribution in [0.15, 0.2) is 42.7 Å². The molecule has 7 heteroatoms. The number of nitrogens with one attached hydrogen (secondary N) is 2. The first kappa shape index (κ1) is 23.0. The third-order valence-corrected chi connectivity index (χ3v) is 9.70. The van der Waals surface area contributed by atoms with Crippen LogP contribution >= 0.6 is 11.6 Å². The summed E-state index contributed by atoms with van der Waals surface area (Å²) in [6.07, 6.45) is 10.1. The molecule has 0 spiro atoms. The van der Waals surface area contributed by atoms with Crippen molar-refractivity contribution in [1.82, 2.24) is 10.3 Å². The molecule has 2 amide bonds. The molecule has 184 valence electrons. The number of benzene rings is 1. The number of anilines is 1. The van der Waals surface area contributed by atoms with E-state index in [2.05, 4.69) is 21.7 Å². The van der Waals surface area contributed by atoms with Crippen LogP contribution in [-0.2, 0) is 16.0 Å². The maximum absolute atomic E-state index is 13.4. The number of carbonyl (C=O) groups is 2. The van der Waals surface area contributed by atoms with Crippen molar-refractivity contribution in [3.63, 3.8) is 0 Å². The molecule has 0 aliphatic heterocycles. The molecule has 5 aliphatic rings. The van der Waals surface area contributed by atoms with Crippen LogP contribution in [0.4, 0.5) is 5.69 Å². The Morgan fingerprint density at radius 1 is 1.11 bits per heavy atom. The standard InChI is InChI=1S/C28H33ClN4O2/c29-23-3-1-2-21-17(4-5-22(21)23)15-32-26(34)25(30)24-18-10-16-11-19(24)14-28(12-16,13-18)27(35)33-20-6-8-31-9-7-20/h1-3,6-9,16-19,24-25H,4-5,10-15,30H2,(H,32,34)(H,31,33,35). The molecule has 4 saturated carbocycles. The van der Waals surface area contributed by atoms with E-state index in [-0.39, 0.29) is 23.1 Å². The molecule has 5 aliphatic carbocycles. The zero-order chi connectivity index (χ0) is 24.2. The Bertz CT molecular complexity index is 1120. The van der Waals surface area contributed by atoms with Gasteiger partial charge in [0.05, 0.1) is 11.5 Å². The first-order chi connectivity index (χ1) is 16.9. The van der Waals surface area contributed by atoms with Crippen LogP contribution in [0.5, 0.6) is 0 Å². The number of halogens is 1. The summed E-state index contributed by atoms with van der Waals surface area (Å²) in [7, 11) is 0. The van der Waals surface area contributed by atoms with E-state index in [0.29, 0.717) is 30.2 Å². The van der Waals surface area contributed by atoms with E-state index in [4.69, 9.17) is 17.3 Å². The van der Waals surface area contributed by atoms with Crippen molar-refractivity contribution in [2.24, 2.45) is 34.8 Å². The van der Waals surface area contributed by atoms with Gasteiger partial charge < -0.3 is 16.4 Å². The van der Waals surface area contributed by atoms with Crippen LogP contribution in [-0.4, -0.2) is 29.4 Å². The van der Waals surface area contributed by atoms with E-state index in [1.807, 2.05) is 24.3 Å². The zero-order valence-corrected chi connectivity index (χ0v) is 20.6. The van der Waals surface area contributed by atoms with Gasteiger partial charge in [0.25, 0.3) is 0 Å². The quantitative estimate of drug-likeness (QED) is 0.560. The Hall–Kier alpha value is -2.44. The predicted molar refractivity (Wildman–Crippen MR) is 136 cm³/mol. The molecule has 0 saturated heterocycles. The molecule has 6 nitrogen and oxygen atoms in total. The average Bonchev–Trinajstić information content (AvgIpc) is 3.27. The average molecular weight is 493 g/mol. The van der Waals surface area contributed by atoms with Crippen molar-refractivity contribution in [2.75, 3.05) is 11.9 Å². The molecule has 2 aromatic rings. The summed E-state index contributed by atoms with van der Waals surface area (Å²) < 4.78 is 0. The second-order valence-electron chi connectivity index (χ2n) is 11.3. The predicted octanol–water partition coefficient (Wildman–Crippen LogP) is 4.29. The second kappa shape index (κ2) is 8.90. The first-order valence-corrected chi connectivity index (χ1v) is 13.3. The van der Waals surface area contributed by atoms with Gasteiger partial charge in [0, 0.05) is 35.6 Å². The maximum atomic E-state index is 13.4. The molecular weight excluding hydrogens is 460 g/mol. The summed E-state index contributed by atoms with van der Waals surface area (Å²) in [4.78, 5) is 30.6. The highest BCUT2D eigenvalue weighted by Crippen LogP contribution is 2.63. The van der Waals surface area contributed by atoms with Crippen LogP contribution < -0.4 is 16.4 Å². The first-order valence-electron chi connectivity index (χ1n) is 13.0. The van der Waals surface area contributed by atoms with E-state index < -0.39 is 6.04 Å². The van der Waals surface area contributed by atoms with Crippen molar-refractivity contribution >= 4 is 29.1 Å². The van der Waals surface area contributed by atoms with Crippen molar-refractivity contribution in [3.05, 3.63) is 58.9 Å². The van der Waals surface area contributed by atoms with Gasteiger partial charge in [-0.25, -0.2) is 0 Å². The molecule has 0 radical (unpaired) electrons. The minimum Gasteiger partial charge on any atom is -0.354 e. The van der Waals surface area contributed by atoms with Crippen molar-refractivity contribution < 1.29 is 9.59 Å². The summed E-state index contributed by atoms with van der Waals surface area (Å²) in [5.41, 5.74) is 9.58. The number of pyridine rings is 1. The van der Waals surface area contributed by atoms with Crippen molar-refractivity contribution in [3.8, 4) is 0 Å². The number of carbonyl (C=O) groups excluding carboxylic acids is 2. The molecule has 1 heterocycles. The topological polar surface area (TPSA) is 97.1 Å². The van der Waals surface area contributed by atoms with E-state index in [1.165, 1.54) is 11.1 Å². The number of hydrogen-bond acceptors (Lipinski definition) is 4.